The van der Waals surface area contributed by atoms with Crippen LogP contribution in [0.25, 0.3) is 0 Å². The first kappa shape index (κ1) is 80.6. The highest BCUT2D eigenvalue weighted by Crippen LogP contribution is 2.36. The first-order valence-electron chi connectivity index (χ1n) is 36.3. The summed E-state index contributed by atoms with van der Waals surface area (Å²) in [5.74, 6) is -4.76. The van der Waals surface area contributed by atoms with Gasteiger partial charge in [0.25, 0.3) is 0 Å². The lowest BCUT2D eigenvalue weighted by Crippen LogP contribution is -2.67. The molecular weight excluding hydrogens is 1160 g/mol. The molecule has 0 aromatic heterocycles. The smallest absolute Gasteiger partial charge is 0.338 e. The Morgan fingerprint density at radius 3 is 1.00 bits per heavy atom. The number of ether oxygens (including phenoxy) is 10. The maximum atomic E-state index is 14.5. The molecule has 10 atom stereocenters. The number of hydrogen-bond acceptors (Lipinski definition) is 18. The third-order valence-corrected chi connectivity index (χ3v) is 17.0. The van der Waals surface area contributed by atoms with E-state index in [0.29, 0.717) is 38.5 Å². The van der Waals surface area contributed by atoms with Crippen LogP contribution in [0.4, 0.5) is 0 Å². The average molecular weight is 1290 g/mol. The molecule has 2 aliphatic rings. The second-order valence-corrected chi connectivity index (χ2v) is 25.2. The van der Waals surface area contributed by atoms with Gasteiger partial charge in [-0.3, -0.25) is 28.8 Å². The molecule has 1 aromatic carbocycles. The second-order valence-electron chi connectivity index (χ2n) is 25.2. The number of esters is 7. The number of carbonyl (C=O) groups is 7. The van der Waals surface area contributed by atoms with Crippen molar-refractivity contribution < 1.29 is 86.0 Å². The molecule has 522 valence electrons. The standard InChI is InChI=1S/C73H122O18/c1-7-13-19-25-31-40-48-59(74)82-54-57-66(67(90-71(80)56-46-38-37-39-47-56)69(72(81)84-57)88-63(78)52-44-35-29-23-17-11-5)91-73-70(89-64(79)53-45-36-30-24-18-12-6)68(87-62(77)51-43-34-28-22-16-10-4)65(86-61(76)50-42-33-27-21-15-9-3)58(85-73)55-83-60(75)49-41-32-26-20-14-8-2/h37-39,46-47,57-58,65-70,72-73,81H,7-36,40-45,48-55H2,1-6H3/t57-,58-,65-,66-,67+,68+,69-,70-,72-,73+/m1/s1. The number of benzene rings is 1. The zero-order chi connectivity index (χ0) is 66.1. The van der Waals surface area contributed by atoms with Crippen LogP contribution in [0, 0.1) is 0 Å². The third-order valence-electron chi connectivity index (χ3n) is 17.0. The van der Waals surface area contributed by atoms with Gasteiger partial charge in [-0.2, -0.15) is 0 Å². The highest BCUT2D eigenvalue weighted by Gasteiger charge is 2.58. The van der Waals surface area contributed by atoms with Crippen molar-refractivity contribution in [2.24, 2.45) is 0 Å². The maximum absolute atomic E-state index is 14.5. The van der Waals surface area contributed by atoms with Gasteiger partial charge in [0, 0.05) is 38.5 Å². The highest BCUT2D eigenvalue weighted by atomic mass is 16.8. The second kappa shape index (κ2) is 51.7. The Hall–Kier alpha value is -4.65. The lowest BCUT2D eigenvalue weighted by molar-refractivity contribution is -0.356. The van der Waals surface area contributed by atoms with Crippen LogP contribution in [0.5, 0.6) is 0 Å². The summed E-state index contributed by atoms with van der Waals surface area (Å²) in [6.45, 7) is 11.7. The van der Waals surface area contributed by atoms with Crippen LogP contribution in [-0.2, 0) is 76.1 Å². The van der Waals surface area contributed by atoms with Gasteiger partial charge in [0.2, 0.25) is 0 Å². The maximum Gasteiger partial charge on any atom is 0.338 e. The van der Waals surface area contributed by atoms with Crippen molar-refractivity contribution in [1.29, 1.82) is 0 Å². The molecular formula is C73H122O18. The van der Waals surface area contributed by atoms with Crippen LogP contribution >= 0.6 is 0 Å². The number of carbonyl (C=O) groups excluding carboxylic acids is 7. The summed E-state index contributed by atoms with van der Waals surface area (Å²) in [6, 6.07) is 8.04. The summed E-state index contributed by atoms with van der Waals surface area (Å²) in [5.41, 5.74) is 0.0996. The summed E-state index contributed by atoms with van der Waals surface area (Å²) in [4.78, 5) is 98.8. The fraction of sp³-hybridized carbons (Fsp3) is 0.822. The van der Waals surface area contributed by atoms with Crippen LogP contribution in [0.2, 0.25) is 0 Å². The van der Waals surface area contributed by atoms with Gasteiger partial charge in [0.05, 0.1) is 5.56 Å². The van der Waals surface area contributed by atoms with E-state index in [2.05, 4.69) is 41.5 Å². The lowest BCUT2D eigenvalue weighted by atomic mass is 9.95. The molecule has 0 aliphatic carbocycles. The highest BCUT2D eigenvalue weighted by molar-refractivity contribution is 5.89. The van der Waals surface area contributed by atoms with Crippen LogP contribution < -0.4 is 0 Å². The Kier molecular flexibility index (Phi) is 45.8. The summed E-state index contributed by atoms with van der Waals surface area (Å²) >= 11 is 0. The Morgan fingerprint density at radius 2 is 0.626 bits per heavy atom. The molecule has 2 fully saturated rings. The van der Waals surface area contributed by atoms with Crippen molar-refractivity contribution >= 4 is 41.8 Å². The molecule has 18 heteroatoms. The van der Waals surface area contributed by atoms with Gasteiger partial charge in [-0.15, -0.1) is 0 Å². The summed E-state index contributed by atoms with van der Waals surface area (Å²) in [7, 11) is 0. The molecule has 1 aromatic rings. The predicted octanol–water partition coefficient (Wildman–Crippen LogP) is 16.3. The monoisotopic (exact) mass is 1290 g/mol. The lowest BCUT2D eigenvalue weighted by Gasteiger charge is -2.48. The van der Waals surface area contributed by atoms with Crippen LogP contribution in [-0.4, -0.2) is 122 Å². The van der Waals surface area contributed by atoms with E-state index in [-0.39, 0.29) is 44.1 Å². The Balaban J connectivity index is 2.30. The zero-order valence-electron chi connectivity index (χ0n) is 57.2. The van der Waals surface area contributed by atoms with Gasteiger partial charge in [0.1, 0.15) is 31.5 Å². The largest absolute Gasteiger partial charge is 0.463 e. The zero-order valence-corrected chi connectivity index (χ0v) is 57.2. The van der Waals surface area contributed by atoms with E-state index in [1.807, 2.05) is 0 Å². The number of hydrogen-bond donors (Lipinski definition) is 1. The summed E-state index contributed by atoms with van der Waals surface area (Å²) in [6.07, 6.45) is 15.2. The first-order chi connectivity index (χ1) is 44.3. The Bertz CT molecular complexity index is 2090. The Labute approximate surface area is 547 Å². The molecule has 1 N–H and O–H groups in total. The first-order valence-corrected chi connectivity index (χ1v) is 36.3. The summed E-state index contributed by atoms with van der Waals surface area (Å²) in [5, 5.41) is 12.0. The minimum Gasteiger partial charge on any atom is -0.463 e. The average Bonchev–Trinajstić information content (AvgIpc) is 0.814. The van der Waals surface area contributed by atoms with E-state index in [1.54, 1.807) is 18.2 Å². The van der Waals surface area contributed by atoms with Crippen molar-refractivity contribution in [1.82, 2.24) is 0 Å². The molecule has 0 saturated carbocycles. The fourth-order valence-electron chi connectivity index (χ4n) is 11.5. The van der Waals surface area contributed by atoms with Crippen LogP contribution in [0.15, 0.2) is 30.3 Å². The molecule has 91 heavy (non-hydrogen) atoms. The van der Waals surface area contributed by atoms with Gasteiger partial charge >= 0.3 is 41.8 Å². The van der Waals surface area contributed by atoms with E-state index in [4.69, 9.17) is 47.4 Å². The van der Waals surface area contributed by atoms with Crippen molar-refractivity contribution in [2.75, 3.05) is 13.2 Å². The minimum atomic E-state index is -1.97. The molecule has 18 nitrogen and oxygen atoms in total. The molecule has 0 bridgehead atoms. The molecule has 2 heterocycles. The molecule has 3 rings (SSSR count). The summed E-state index contributed by atoms with van der Waals surface area (Å²) < 4.78 is 63.6. The van der Waals surface area contributed by atoms with Gasteiger partial charge in [-0.1, -0.05) is 252 Å². The van der Waals surface area contributed by atoms with E-state index >= 15 is 0 Å². The van der Waals surface area contributed by atoms with Gasteiger partial charge in [-0.25, -0.2) is 4.79 Å². The molecule has 0 amide bonds. The van der Waals surface area contributed by atoms with E-state index in [1.165, 1.54) is 12.1 Å². The normalized spacial score (nSPS) is 21.4. The SMILES string of the molecule is CCCCCCCCC(=O)OC[C@H]1O[C@@H](O)[C@H](OC(=O)CCCCCCCC)[C@@H](OC(=O)c2ccccc2)[C@@H]1O[C@@H]1O[C@H](COC(=O)CCCCCCCC)[C@@H](OC(=O)CCCCCCCC)[C@H](OC(=O)CCCCCCCC)[C@H]1OC(=O)CCCCCCCC. The fourth-order valence-corrected chi connectivity index (χ4v) is 11.5. The Morgan fingerprint density at radius 1 is 0.330 bits per heavy atom. The topological polar surface area (TPSA) is 232 Å². The van der Waals surface area contributed by atoms with Gasteiger partial charge < -0.3 is 52.5 Å². The van der Waals surface area contributed by atoms with Gasteiger partial charge in [0.15, 0.2) is 43.1 Å². The number of aliphatic hydroxyl groups excluding tert-OH is 1. The molecule has 0 spiro atoms. The number of unbranched alkanes of at least 4 members (excludes halogenated alkanes) is 30. The van der Waals surface area contributed by atoms with Crippen LogP contribution in [0.3, 0.4) is 0 Å². The van der Waals surface area contributed by atoms with Gasteiger partial charge in [-0.05, 0) is 50.7 Å². The molecule has 0 radical (unpaired) electrons. The van der Waals surface area contributed by atoms with Crippen molar-refractivity contribution in [3.05, 3.63) is 35.9 Å². The van der Waals surface area contributed by atoms with E-state index in [9.17, 15) is 38.7 Å². The number of aliphatic hydroxyl groups is 1. The molecule has 2 saturated heterocycles. The molecule has 2 aliphatic heterocycles. The van der Waals surface area contributed by atoms with Crippen molar-refractivity contribution in [3.63, 3.8) is 0 Å². The third kappa shape index (κ3) is 35.4. The molecule has 0 unspecified atom stereocenters. The quantitative estimate of drug-likeness (QED) is 0.0363. The van der Waals surface area contributed by atoms with Crippen molar-refractivity contribution in [2.45, 2.75) is 373 Å². The van der Waals surface area contributed by atoms with E-state index in [0.717, 1.165) is 193 Å². The predicted molar refractivity (Wildman–Crippen MR) is 349 cm³/mol. The van der Waals surface area contributed by atoms with Crippen LogP contribution in [0.1, 0.15) is 322 Å². The van der Waals surface area contributed by atoms with E-state index < -0.39 is 116 Å². The minimum absolute atomic E-state index is 0.00241. The number of rotatable bonds is 54. The van der Waals surface area contributed by atoms with Crippen molar-refractivity contribution in [3.8, 4) is 0 Å².